The number of carbonyl (C=O) groups excluding carboxylic acids is 1. The third kappa shape index (κ3) is 6.08. The van der Waals surface area contributed by atoms with Crippen LogP contribution in [0.3, 0.4) is 0 Å². The van der Waals surface area contributed by atoms with Gasteiger partial charge >= 0.3 is 5.97 Å². The Balaban J connectivity index is 2.30. The van der Waals surface area contributed by atoms with Crippen LogP contribution in [0.2, 0.25) is 0 Å². The summed E-state index contributed by atoms with van der Waals surface area (Å²) in [7, 11) is 1.55. The fourth-order valence-corrected chi connectivity index (χ4v) is 1.55. The molecule has 0 heterocycles. The van der Waals surface area contributed by atoms with Crippen LogP contribution in [0.25, 0.3) is 0 Å². The largest absolute Gasteiger partial charge is 0.497 e. The van der Waals surface area contributed by atoms with Gasteiger partial charge in [-0.1, -0.05) is 13.0 Å². The van der Waals surface area contributed by atoms with Crippen LogP contribution in [0.4, 0.5) is 0 Å². The van der Waals surface area contributed by atoms with E-state index in [1.54, 1.807) is 38.3 Å². The monoisotopic (exact) mass is 281 g/mol. The van der Waals surface area contributed by atoms with Crippen molar-refractivity contribution in [3.05, 3.63) is 24.3 Å². The highest BCUT2D eigenvalue weighted by Gasteiger charge is 2.09. The molecular weight excluding hydrogens is 262 g/mol. The molecule has 0 aliphatic carbocycles. The van der Waals surface area contributed by atoms with Crippen LogP contribution in [0.5, 0.6) is 11.5 Å². The van der Waals surface area contributed by atoms with E-state index in [0.29, 0.717) is 18.0 Å². The number of aliphatic carboxylic acids is 1. The number of amides is 1. The van der Waals surface area contributed by atoms with E-state index < -0.39 is 5.97 Å². The van der Waals surface area contributed by atoms with Gasteiger partial charge in [-0.15, -0.1) is 0 Å². The number of carbonyl (C=O) groups is 2. The molecule has 0 spiro atoms. The summed E-state index contributed by atoms with van der Waals surface area (Å²) in [5.74, 6) is -0.0891. The summed E-state index contributed by atoms with van der Waals surface area (Å²) in [5.41, 5.74) is 0. The van der Waals surface area contributed by atoms with E-state index in [1.807, 2.05) is 0 Å². The van der Waals surface area contributed by atoms with Crippen molar-refractivity contribution < 1.29 is 24.2 Å². The van der Waals surface area contributed by atoms with Gasteiger partial charge < -0.3 is 19.9 Å². The highest BCUT2D eigenvalue weighted by Crippen LogP contribution is 2.18. The Morgan fingerprint density at radius 3 is 2.70 bits per heavy atom. The molecule has 1 rings (SSSR count). The average molecular weight is 281 g/mol. The van der Waals surface area contributed by atoms with E-state index in [2.05, 4.69) is 5.32 Å². The smallest absolute Gasteiger partial charge is 0.303 e. The topological polar surface area (TPSA) is 84.9 Å². The second kappa shape index (κ2) is 8.04. The summed E-state index contributed by atoms with van der Waals surface area (Å²) in [5, 5.41) is 11.2. The molecular formula is C14H19NO5. The molecule has 6 heteroatoms. The molecule has 1 atom stereocenters. The Morgan fingerprint density at radius 1 is 1.35 bits per heavy atom. The number of carboxylic acid groups (broad SMARTS) is 1. The fraction of sp³-hybridized carbons (Fsp3) is 0.429. The number of hydrogen-bond donors (Lipinski definition) is 2. The first-order valence-electron chi connectivity index (χ1n) is 6.26. The Hall–Kier alpha value is -2.24. The molecule has 0 bridgehead atoms. The summed E-state index contributed by atoms with van der Waals surface area (Å²) >= 11 is 0. The molecule has 110 valence electrons. The zero-order chi connectivity index (χ0) is 15.0. The predicted molar refractivity (Wildman–Crippen MR) is 72.9 cm³/mol. The molecule has 0 aliphatic heterocycles. The van der Waals surface area contributed by atoms with Gasteiger partial charge in [0, 0.05) is 19.0 Å². The molecule has 1 aromatic rings. The Kier molecular flexibility index (Phi) is 6.36. The van der Waals surface area contributed by atoms with Crippen LogP contribution in [-0.4, -0.2) is 37.2 Å². The number of hydrogen-bond acceptors (Lipinski definition) is 4. The summed E-state index contributed by atoms with van der Waals surface area (Å²) in [6.45, 7) is 1.96. The number of carboxylic acids is 1. The highest BCUT2D eigenvalue weighted by molar-refractivity contribution is 5.77. The van der Waals surface area contributed by atoms with Crippen molar-refractivity contribution in [2.75, 3.05) is 20.3 Å². The normalized spacial score (nSPS) is 11.5. The van der Waals surface area contributed by atoms with Gasteiger partial charge in [0.1, 0.15) is 11.5 Å². The molecule has 2 N–H and O–H groups in total. The van der Waals surface area contributed by atoms with Crippen LogP contribution in [-0.2, 0) is 9.59 Å². The molecule has 0 fully saturated rings. The van der Waals surface area contributed by atoms with E-state index in [1.165, 1.54) is 0 Å². The molecule has 1 aromatic carbocycles. The van der Waals surface area contributed by atoms with Gasteiger partial charge in [0.15, 0.2) is 6.61 Å². The SMILES string of the molecule is COc1cccc(OCC(=O)NCC(C)CC(=O)O)c1. The number of nitrogens with one attached hydrogen (secondary N) is 1. The van der Waals surface area contributed by atoms with Crippen molar-refractivity contribution in [3.8, 4) is 11.5 Å². The van der Waals surface area contributed by atoms with Crippen LogP contribution in [0, 0.1) is 5.92 Å². The van der Waals surface area contributed by atoms with Crippen LogP contribution >= 0.6 is 0 Å². The maximum Gasteiger partial charge on any atom is 0.303 e. The first-order chi connectivity index (χ1) is 9.51. The lowest BCUT2D eigenvalue weighted by Crippen LogP contribution is -2.33. The standard InChI is InChI=1S/C14H19NO5/c1-10(6-14(17)18)8-15-13(16)9-20-12-5-3-4-11(7-12)19-2/h3-5,7,10H,6,8-9H2,1-2H3,(H,15,16)(H,17,18). The van der Waals surface area contributed by atoms with Gasteiger partial charge in [-0.2, -0.15) is 0 Å². The van der Waals surface area contributed by atoms with Crippen molar-refractivity contribution in [3.63, 3.8) is 0 Å². The molecule has 0 saturated carbocycles. The molecule has 0 radical (unpaired) electrons. The zero-order valence-electron chi connectivity index (χ0n) is 11.6. The van der Waals surface area contributed by atoms with Gasteiger partial charge in [0.2, 0.25) is 0 Å². The van der Waals surface area contributed by atoms with Crippen LogP contribution in [0.15, 0.2) is 24.3 Å². The first-order valence-corrected chi connectivity index (χ1v) is 6.26. The van der Waals surface area contributed by atoms with Gasteiger partial charge in [-0.05, 0) is 18.1 Å². The number of ether oxygens (including phenoxy) is 2. The van der Waals surface area contributed by atoms with Crippen molar-refractivity contribution in [2.24, 2.45) is 5.92 Å². The lowest BCUT2D eigenvalue weighted by molar-refractivity contribution is -0.138. The van der Waals surface area contributed by atoms with E-state index in [9.17, 15) is 9.59 Å². The Bertz CT molecular complexity index is 461. The summed E-state index contributed by atoms with van der Waals surface area (Å²) < 4.78 is 10.4. The summed E-state index contributed by atoms with van der Waals surface area (Å²) in [6.07, 6.45) is 0.0248. The van der Waals surface area contributed by atoms with Gasteiger partial charge in [0.05, 0.1) is 7.11 Å². The van der Waals surface area contributed by atoms with Crippen molar-refractivity contribution in [2.45, 2.75) is 13.3 Å². The Labute approximate surface area is 117 Å². The van der Waals surface area contributed by atoms with E-state index in [4.69, 9.17) is 14.6 Å². The lowest BCUT2D eigenvalue weighted by atomic mass is 10.1. The van der Waals surface area contributed by atoms with Crippen molar-refractivity contribution in [1.29, 1.82) is 0 Å². The van der Waals surface area contributed by atoms with Crippen LogP contribution in [0.1, 0.15) is 13.3 Å². The quantitative estimate of drug-likeness (QED) is 0.750. The maximum atomic E-state index is 11.5. The van der Waals surface area contributed by atoms with Crippen LogP contribution < -0.4 is 14.8 Å². The maximum absolute atomic E-state index is 11.5. The summed E-state index contributed by atoms with van der Waals surface area (Å²) in [6, 6.07) is 6.95. The predicted octanol–water partition coefficient (Wildman–Crippen LogP) is 1.30. The third-order valence-electron chi connectivity index (χ3n) is 2.58. The highest BCUT2D eigenvalue weighted by atomic mass is 16.5. The third-order valence-corrected chi connectivity index (χ3v) is 2.58. The second-order valence-corrected chi connectivity index (χ2v) is 4.47. The fourth-order valence-electron chi connectivity index (χ4n) is 1.55. The van der Waals surface area contributed by atoms with Gasteiger partial charge in [-0.25, -0.2) is 0 Å². The average Bonchev–Trinajstić information content (AvgIpc) is 2.42. The van der Waals surface area contributed by atoms with Crippen molar-refractivity contribution in [1.82, 2.24) is 5.32 Å². The van der Waals surface area contributed by atoms with Gasteiger partial charge in [0.25, 0.3) is 5.91 Å². The Morgan fingerprint density at radius 2 is 2.05 bits per heavy atom. The van der Waals surface area contributed by atoms with Crippen molar-refractivity contribution >= 4 is 11.9 Å². The number of benzene rings is 1. The molecule has 1 amide bonds. The first kappa shape index (κ1) is 15.8. The molecule has 1 unspecified atom stereocenters. The minimum absolute atomic E-state index is 0.0248. The summed E-state index contributed by atoms with van der Waals surface area (Å²) in [4.78, 5) is 22.0. The van der Waals surface area contributed by atoms with E-state index in [-0.39, 0.29) is 24.9 Å². The second-order valence-electron chi connectivity index (χ2n) is 4.47. The lowest BCUT2D eigenvalue weighted by Gasteiger charge is -2.11. The van der Waals surface area contributed by atoms with E-state index in [0.717, 1.165) is 0 Å². The molecule has 0 saturated heterocycles. The molecule has 20 heavy (non-hydrogen) atoms. The van der Waals surface area contributed by atoms with E-state index >= 15 is 0 Å². The molecule has 6 nitrogen and oxygen atoms in total. The number of rotatable bonds is 8. The minimum atomic E-state index is -0.876. The zero-order valence-corrected chi connectivity index (χ0v) is 11.6. The number of methoxy groups -OCH3 is 1. The molecule has 0 aromatic heterocycles. The molecule has 0 aliphatic rings. The van der Waals surface area contributed by atoms with Gasteiger partial charge in [-0.3, -0.25) is 9.59 Å². The minimum Gasteiger partial charge on any atom is -0.497 e.